The molecule has 2 unspecified atom stereocenters. The normalized spacial score (nSPS) is 21.8. The molecule has 2 rings (SSSR count). The third-order valence-corrected chi connectivity index (χ3v) is 4.55. The number of aliphatic hydroxyl groups is 1. The minimum Gasteiger partial charge on any atom is -0.393 e. The van der Waals surface area contributed by atoms with Gasteiger partial charge in [-0.3, -0.25) is 4.79 Å². The van der Waals surface area contributed by atoms with Gasteiger partial charge in [0, 0.05) is 25.2 Å². The molecule has 1 aliphatic rings. The Labute approximate surface area is 133 Å². The van der Waals surface area contributed by atoms with Gasteiger partial charge in [-0.25, -0.2) is 0 Å². The maximum Gasteiger partial charge on any atom is 0.225 e. The minimum atomic E-state index is -0.169. The Morgan fingerprint density at radius 2 is 2.05 bits per heavy atom. The van der Waals surface area contributed by atoms with Gasteiger partial charge in [0.2, 0.25) is 5.91 Å². The van der Waals surface area contributed by atoms with Crippen LogP contribution >= 0.6 is 0 Å². The van der Waals surface area contributed by atoms with E-state index >= 15 is 0 Å². The number of carbonyl (C=O) groups excluding carboxylic acids is 1. The van der Waals surface area contributed by atoms with E-state index in [0.29, 0.717) is 12.3 Å². The van der Waals surface area contributed by atoms with Crippen LogP contribution in [-0.4, -0.2) is 42.2 Å². The fourth-order valence-electron chi connectivity index (χ4n) is 3.11. The third kappa shape index (κ3) is 5.11. The van der Waals surface area contributed by atoms with Crippen molar-refractivity contribution >= 4 is 11.6 Å². The van der Waals surface area contributed by atoms with Gasteiger partial charge < -0.3 is 15.3 Å². The van der Waals surface area contributed by atoms with E-state index in [0.717, 1.165) is 43.6 Å². The molecule has 1 aliphatic carbocycles. The molecule has 122 valence electrons. The Bertz CT molecular complexity index is 490. The van der Waals surface area contributed by atoms with Crippen LogP contribution in [0.3, 0.4) is 0 Å². The predicted octanol–water partition coefficient (Wildman–Crippen LogP) is 2.81. The number of amides is 1. The molecule has 4 nitrogen and oxygen atoms in total. The minimum absolute atomic E-state index is 0.0466. The Morgan fingerprint density at radius 3 is 2.77 bits per heavy atom. The number of carbonyl (C=O) groups is 1. The average Bonchev–Trinajstić information content (AvgIpc) is 2.50. The summed E-state index contributed by atoms with van der Waals surface area (Å²) in [4.78, 5) is 14.2. The van der Waals surface area contributed by atoms with Crippen molar-refractivity contribution in [1.29, 1.82) is 0 Å². The van der Waals surface area contributed by atoms with E-state index in [2.05, 4.69) is 10.2 Å². The molecule has 1 saturated carbocycles. The fraction of sp³-hybridized carbons (Fsp3) is 0.611. The van der Waals surface area contributed by atoms with E-state index in [9.17, 15) is 9.90 Å². The SMILES string of the molecule is Cc1ccccc1NC(=O)CCN(C)CC1CCCCC1O. The Balaban J connectivity index is 1.72. The van der Waals surface area contributed by atoms with Crippen molar-refractivity contribution in [2.75, 3.05) is 25.5 Å². The molecule has 1 amide bonds. The van der Waals surface area contributed by atoms with Crippen molar-refractivity contribution in [1.82, 2.24) is 4.90 Å². The van der Waals surface area contributed by atoms with E-state index in [1.165, 1.54) is 6.42 Å². The van der Waals surface area contributed by atoms with E-state index in [-0.39, 0.29) is 12.0 Å². The topological polar surface area (TPSA) is 52.6 Å². The van der Waals surface area contributed by atoms with Gasteiger partial charge in [-0.05, 0) is 44.4 Å². The summed E-state index contributed by atoms with van der Waals surface area (Å²) in [5.41, 5.74) is 1.97. The lowest BCUT2D eigenvalue weighted by Gasteiger charge is -2.31. The molecule has 2 N–H and O–H groups in total. The quantitative estimate of drug-likeness (QED) is 0.849. The zero-order valence-corrected chi connectivity index (χ0v) is 13.7. The Hall–Kier alpha value is -1.39. The van der Waals surface area contributed by atoms with Crippen LogP contribution in [0.25, 0.3) is 0 Å². The van der Waals surface area contributed by atoms with Crippen molar-refractivity contribution < 1.29 is 9.90 Å². The molecular weight excluding hydrogens is 276 g/mol. The van der Waals surface area contributed by atoms with Crippen LogP contribution in [0.2, 0.25) is 0 Å². The van der Waals surface area contributed by atoms with Crippen molar-refractivity contribution in [3.8, 4) is 0 Å². The van der Waals surface area contributed by atoms with Crippen molar-refractivity contribution in [2.24, 2.45) is 5.92 Å². The van der Waals surface area contributed by atoms with Crippen LogP contribution in [0.5, 0.6) is 0 Å². The smallest absolute Gasteiger partial charge is 0.225 e. The first-order chi connectivity index (χ1) is 10.6. The number of hydrogen-bond acceptors (Lipinski definition) is 3. The molecule has 0 spiro atoms. The second kappa shape index (κ2) is 8.30. The van der Waals surface area contributed by atoms with E-state index in [1.807, 2.05) is 38.2 Å². The molecular formula is C18H28N2O2. The summed E-state index contributed by atoms with van der Waals surface area (Å²) in [5.74, 6) is 0.406. The molecule has 4 heteroatoms. The van der Waals surface area contributed by atoms with Gasteiger partial charge in [-0.2, -0.15) is 0 Å². The maximum absolute atomic E-state index is 12.0. The number of anilines is 1. The molecule has 0 aliphatic heterocycles. The summed E-state index contributed by atoms with van der Waals surface area (Å²) in [6, 6.07) is 7.81. The van der Waals surface area contributed by atoms with Gasteiger partial charge in [-0.15, -0.1) is 0 Å². The van der Waals surface area contributed by atoms with E-state index < -0.39 is 0 Å². The van der Waals surface area contributed by atoms with Crippen LogP contribution in [0.1, 0.15) is 37.7 Å². The fourth-order valence-corrected chi connectivity index (χ4v) is 3.11. The largest absolute Gasteiger partial charge is 0.393 e. The summed E-state index contributed by atoms with van der Waals surface area (Å²) in [6.07, 6.45) is 4.68. The first-order valence-electron chi connectivity index (χ1n) is 8.28. The molecule has 1 aromatic carbocycles. The molecule has 22 heavy (non-hydrogen) atoms. The number of para-hydroxylation sites is 1. The number of aryl methyl sites for hydroxylation is 1. The third-order valence-electron chi connectivity index (χ3n) is 4.55. The summed E-state index contributed by atoms with van der Waals surface area (Å²) in [6.45, 7) is 3.59. The van der Waals surface area contributed by atoms with Gasteiger partial charge in [0.15, 0.2) is 0 Å². The summed E-state index contributed by atoms with van der Waals surface area (Å²) in [5, 5.41) is 13.0. The Kier molecular flexibility index (Phi) is 6.40. The van der Waals surface area contributed by atoms with Gasteiger partial charge in [0.25, 0.3) is 0 Å². The predicted molar refractivity (Wildman–Crippen MR) is 89.9 cm³/mol. The number of rotatable bonds is 6. The molecule has 0 radical (unpaired) electrons. The maximum atomic E-state index is 12.0. The first-order valence-corrected chi connectivity index (χ1v) is 8.28. The van der Waals surface area contributed by atoms with E-state index in [1.54, 1.807) is 0 Å². The summed E-state index contributed by atoms with van der Waals surface area (Å²) >= 11 is 0. The molecule has 0 saturated heterocycles. The highest BCUT2D eigenvalue weighted by molar-refractivity contribution is 5.91. The van der Waals surface area contributed by atoms with E-state index in [4.69, 9.17) is 0 Å². The zero-order chi connectivity index (χ0) is 15.9. The van der Waals surface area contributed by atoms with Gasteiger partial charge in [0.05, 0.1) is 6.10 Å². The first kappa shape index (κ1) is 17.0. The molecule has 0 heterocycles. The van der Waals surface area contributed by atoms with Crippen LogP contribution in [-0.2, 0) is 4.79 Å². The van der Waals surface area contributed by atoms with Gasteiger partial charge in [0.1, 0.15) is 0 Å². The van der Waals surface area contributed by atoms with Crippen LogP contribution in [0.4, 0.5) is 5.69 Å². The number of nitrogens with zero attached hydrogens (tertiary/aromatic N) is 1. The number of nitrogens with one attached hydrogen (secondary N) is 1. The van der Waals surface area contributed by atoms with Crippen molar-refractivity contribution in [3.05, 3.63) is 29.8 Å². The lowest BCUT2D eigenvalue weighted by atomic mass is 9.86. The summed E-state index contributed by atoms with van der Waals surface area (Å²) < 4.78 is 0. The second-order valence-electron chi connectivity index (χ2n) is 6.49. The number of benzene rings is 1. The highest BCUT2D eigenvalue weighted by atomic mass is 16.3. The van der Waals surface area contributed by atoms with Crippen LogP contribution in [0.15, 0.2) is 24.3 Å². The second-order valence-corrected chi connectivity index (χ2v) is 6.49. The molecule has 1 fully saturated rings. The van der Waals surface area contributed by atoms with Gasteiger partial charge >= 0.3 is 0 Å². The standard InChI is InChI=1S/C18H28N2O2/c1-14-7-3-5-9-16(14)19-18(22)11-12-20(2)13-15-8-4-6-10-17(15)21/h3,5,7,9,15,17,21H,4,6,8,10-13H2,1-2H3,(H,19,22). The zero-order valence-electron chi connectivity index (χ0n) is 13.7. The highest BCUT2D eigenvalue weighted by Crippen LogP contribution is 2.24. The number of aliphatic hydroxyl groups excluding tert-OH is 1. The molecule has 1 aromatic rings. The Morgan fingerprint density at radius 1 is 1.32 bits per heavy atom. The van der Waals surface area contributed by atoms with Crippen molar-refractivity contribution in [3.63, 3.8) is 0 Å². The van der Waals surface area contributed by atoms with Crippen molar-refractivity contribution in [2.45, 2.75) is 45.1 Å². The lowest BCUT2D eigenvalue weighted by Crippen LogP contribution is -2.36. The monoisotopic (exact) mass is 304 g/mol. The van der Waals surface area contributed by atoms with Crippen LogP contribution in [0, 0.1) is 12.8 Å². The summed E-state index contributed by atoms with van der Waals surface area (Å²) in [7, 11) is 2.03. The van der Waals surface area contributed by atoms with Gasteiger partial charge in [-0.1, -0.05) is 31.0 Å². The number of hydrogen-bond donors (Lipinski definition) is 2. The highest BCUT2D eigenvalue weighted by Gasteiger charge is 2.24. The lowest BCUT2D eigenvalue weighted by molar-refractivity contribution is -0.116. The molecule has 2 atom stereocenters. The average molecular weight is 304 g/mol. The molecule has 0 bridgehead atoms. The molecule has 0 aromatic heterocycles. The van der Waals surface area contributed by atoms with Crippen LogP contribution < -0.4 is 5.32 Å².